The molecule has 0 radical (unpaired) electrons. The Hall–Kier alpha value is -2.44. The largest absolute Gasteiger partial charge is 0.338 e. The lowest BCUT2D eigenvalue weighted by Gasteiger charge is -2.05. The quantitative estimate of drug-likeness (QED) is 0.210. The average molecular weight is 516 g/mol. The molecule has 35 heavy (non-hydrogen) atoms. The summed E-state index contributed by atoms with van der Waals surface area (Å²) >= 11 is 7.43. The van der Waals surface area contributed by atoms with Crippen LogP contribution in [0.5, 0.6) is 0 Å². The highest BCUT2D eigenvalue weighted by Crippen LogP contribution is 2.39. The molecule has 2 N–H and O–H groups in total. The van der Waals surface area contributed by atoms with Crippen molar-refractivity contribution in [2.24, 2.45) is 0 Å². The zero-order chi connectivity index (χ0) is 24.9. The Morgan fingerprint density at radius 1 is 0.857 bits per heavy atom. The van der Waals surface area contributed by atoms with Gasteiger partial charge in [0.05, 0.1) is 10.6 Å². The molecule has 2 amide bonds. The minimum Gasteiger partial charge on any atom is -0.338 e. The number of carbonyl (C=O) groups excluding carboxylic acids is 1. The number of carbonyl (C=O) groups is 1. The van der Waals surface area contributed by atoms with Crippen molar-refractivity contribution in [1.29, 1.82) is 0 Å². The van der Waals surface area contributed by atoms with Crippen LogP contribution >= 0.6 is 22.9 Å². The predicted molar refractivity (Wildman–Crippen MR) is 147 cm³/mol. The van der Waals surface area contributed by atoms with Gasteiger partial charge in [0.15, 0.2) is 5.13 Å². The number of amides is 2. The van der Waals surface area contributed by atoms with E-state index in [-0.39, 0.29) is 11.8 Å². The second-order valence-electron chi connectivity index (χ2n) is 8.77. The number of hydrogen-bond donors (Lipinski definition) is 2. The highest BCUT2D eigenvalue weighted by atomic mass is 35.5. The van der Waals surface area contributed by atoms with Crippen molar-refractivity contribution in [2.45, 2.75) is 71.1 Å². The van der Waals surface area contributed by atoms with Crippen LogP contribution < -0.4 is 10.6 Å². The number of thiazole rings is 1. The molecule has 3 rings (SSSR count). The number of urea groups is 1. The summed E-state index contributed by atoms with van der Waals surface area (Å²) in [7, 11) is 0. The number of benzene rings is 2. The molecule has 0 aliphatic heterocycles. The molecule has 1 heterocycles. The third kappa shape index (κ3) is 9.26. The van der Waals surface area contributed by atoms with E-state index in [0.29, 0.717) is 22.4 Å². The number of aromatic nitrogens is 1. The Bertz CT molecular complexity index is 974. The van der Waals surface area contributed by atoms with Crippen LogP contribution in [0.1, 0.15) is 71.1 Å². The highest BCUT2D eigenvalue weighted by Gasteiger charge is 2.16. The normalized spacial score (nSPS) is 10.9. The molecule has 0 fully saturated rings. The van der Waals surface area contributed by atoms with Gasteiger partial charge < -0.3 is 5.32 Å². The first-order chi connectivity index (χ1) is 17.1. The number of nitrogens with one attached hydrogen (secondary N) is 2. The monoisotopic (exact) mass is 515 g/mol. The first-order valence-corrected chi connectivity index (χ1v) is 13.8. The molecular weight excluding hydrogens is 481 g/mol. The molecule has 0 saturated carbocycles. The summed E-state index contributed by atoms with van der Waals surface area (Å²) in [5.74, 6) is -0.304. The maximum Gasteiger partial charge on any atom is 0.321 e. The summed E-state index contributed by atoms with van der Waals surface area (Å²) in [6.07, 6.45) is 12.6. The molecule has 0 spiro atoms. The molecule has 0 bridgehead atoms. The van der Waals surface area contributed by atoms with Crippen LogP contribution in [0.15, 0.2) is 48.5 Å². The van der Waals surface area contributed by atoms with Gasteiger partial charge in [0.2, 0.25) is 0 Å². The van der Waals surface area contributed by atoms with E-state index in [1.807, 2.05) is 24.3 Å². The lowest BCUT2D eigenvalue weighted by molar-refractivity contribution is 0.252. The summed E-state index contributed by atoms with van der Waals surface area (Å²) in [6.45, 7) is 2.89. The summed E-state index contributed by atoms with van der Waals surface area (Å²) in [5.41, 5.74) is 2.42. The van der Waals surface area contributed by atoms with Crippen LogP contribution in [-0.2, 0) is 0 Å². The molecule has 4 nitrogen and oxygen atoms in total. The lowest BCUT2D eigenvalue weighted by Crippen LogP contribution is -2.29. The summed E-state index contributed by atoms with van der Waals surface area (Å²) in [5, 5.41) is 6.93. The molecule has 0 saturated heterocycles. The molecule has 3 aromatic rings. The SMILES string of the molecule is CCCCCCCCCCCCNC(=O)Nc1nc(-c2ccc(F)cc2)c(-c2ccc(Cl)cc2)s1. The number of halogens is 2. The first-order valence-electron chi connectivity index (χ1n) is 12.6. The minimum atomic E-state index is -0.304. The van der Waals surface area contributed by atoms with Crippen LogP contribution in [0.2, 0.25) is 5.02 Å². The predicted octanol–water partition coefficient (Wildman–Crippen LogP) is 9.31. The van der Waals surface area contributed by atoms with Crippen LogP contribution in [0.3, 0.4) is 0 Å². The minimum absolute atomic E-state index is 0.261. The van der Waals surface area contributed by atoms with Crippen LogP contribution in [-0.4, -0.2) is 17.6 Å². The Morgan fingerprint density at radius 3 is 2.06 bits per heavy atom. The Balaban J connectivity index is 1.49. The Morgan fingerprint density at radius 2 is 1.43 bits per heavy atom. The molecule has 0 aliphatic carbocycles. The van der Waals surface area contributed by atoms with E-state index in [1.165, 1.54) is 74.8 Å². The van der Waals surface area contributed by atoms with Gasteiger partial charge in [-0.3, -0.25) is 5.32 Å². The average Bonchev–Trinajstić information content (AvgIpc) is 3.27. The molecule has 0 atom stereocenters. The van der Waals surface area contributed by atoms with Gasteiger partial charge in [-0.05, 0) is 48.4 Å². The second-order valence-corrected chi connectivity index (χ2v) is 10.2. The standard InChI is InChI=1S/C28H35ClFN3OS/c1-2-3-4-5-6-7-8-9-10-11-20-31-27(34)33-28-32-25(21-14-18-24(30)19-15-21)26(35-28)22-12-16-23(29)17-13-22/h12-19H,2-11,20H2,1H3,(H2,31,32,33,34). The molecule has 7 heteroatoms. The number of nitrogens with zero attached hydrogens (tertiary/aromatic N) is 1. The topological polar surface area (TPSA) is 54.0 Å². The van der Waals surface area contributed by atoms with E-state index in [0.717, 1.165) is 28.8 Å². The maximum absolute atomic E-state index is 13.4. The van der Waals surface area contributed by atoms with Gasteiger partial charge in [-0.25, -0.2) is 14.2 Å². The summed E-state index contributed by atoms with van der Waals surface area (Å²) < 4.78 is 13.4. The number of hydrogen-bond acceptors (Lipinski definition) is 3. The van der Waals surface area contributed by atoms with Crippen molar-refractivity contribution >= 4 is 34.1 Å². The van der Waals surface area contributed by atoms with Crippen molar-refractivity contribution in [3.8, 4) is 21.7 Å². The third-order valence-corrected chi connectivity index (χ3v) is 7.16. The molecular formula is C28H35ClFN3OS. The Kier molecular flexibility index (Phi) is 11.5. The van der Waals surface area contributed by atoms with E-state index < -0.39 is 0 Å². The van der Waals surface area contributed by atoms with Crippen LogP contribution in [0.25, 0.3) is 21.7 Å². The van der Waals surface area contributed by atoms with Gasteiger partial charge in [0.25, 0.3) is 0 Å². The van der Waals surface area contributed by atoms with Crippen molar-refractivity contribution in [3.63, 3.8) is 0 Å². The molecule has 0 aliphatic rings. The zero-order valence-electron chi connectivity index (χ0n) is 20.4. The van der Waals surface area contributed by atoms with Crippen LogP contribution in [0.4, 0.5) is 14.3 Å². The van der Waals surface area contributed by atoms with Gasteiger partial charge >= 0.3 is 6.03 Å². The van der Waals surface area contributed by atoms with Crippen LogP contribution in [0, 0.1) is 5.82 Å². The van der Waals surface area contributed by atoms with E-state index in [9.17, 15) is 9.18 Å². The summed E-state index contributed by atoms with van der Waals surface area (Å²) in [6, 6.07) is 13.4. The third-order valence-electron chi connectivity index (χ3n) is 5.89. The smallest absolute Gasteiger partial charge is 0.321 e. The number of unbranched alkanes of at least 4 members (excludes halogenated alkanes) is 9. The molecule has 188 valence electrons. The fraction of sp³-hybridized carbons (Fsp3) is 0.429. The fourth-order valence-electron chi connectivity index (χ4n) is 3.93. The number of anilines is 1. The van der Waals surface area contributed by atoms with Crippen molar-refractivity contribution < 1.29 is 9.18 Å². The van der Waals surface area contributed by atoms with Crippen molar-refractivity contribution in [1.82, 2.24) is 10.3 Å². The molecule has 0 unspecified atom stereocenters. The van der Waals surface area contributed by atoms with Gasteiger partial charge in [0.1, 0.15) is 5.82 Å². The van der Waals surface area contributed by atoms with Gasteiger partial charge in [-0.2, -0.15) is 0 Å². The zero-order valence-corrected chi connectivity index (χ0v) is 22.0. The fourth-order valence-corrected chi connectivity index (χ4v) is 5.04. The van der Waals surface area contributed by atoms with E-state index in [4.69, 9.17) is 11.6 Å². The molecule has 2 aromatic carbocycles. The van der Waals surface area contributed by atoms with E-state index in [2.05, 4.69) is 22.5 Å². The van der Waals surface area contributed by atoms with E-state index >= 15 is 0 Å². The Labute approximate surface area is 217 Å². The van der Waals surface area contributed by atoms with Gasteiger partial charge in [-0.15, -0.1) is 0 Å². The first kappa shape index (κ1) is 27.2. The summed E-state index contributed by atoms with van der Waals surface area (Å²) in [4.78, 5) is 18.0. The van der Waals surface area contributed by atoms with Gasteiger partial charge in [-0.1, -0.05) is 99.8 Å². The molecule has 1 aromatic heterocycles. The maximum atomic E-state index is 13.4. The van der Waals surface area contributed by atoms with Crippen molar-refractivity contribution in [3.05, 3.63) is 59.4 Å². The van der Waals surface area contributed by atoms with Crippen molar-refractivity contribution in [2.75, 3.05) is 11.9 Å². The highest BCUT2D eigenvalue weighted by molar-refractivity contribution is 7.19. The van der Waals surface area contributed by atoms with Gasteiger partial charge in [0, 0.05) is 17.1 Å². The van der Waals surface area contributed by atoms with E-state index in [1.54, 1.807) is 12.1 Å². The number of rotatable bonds is 14. The lowest BCUT2D eigenvalue weighted by atomic mass is 10.1. The second kappa shape index (κ2) is 14.8.